The third-order valence-corrected chi connectivity index (χ3v) is 3.84. The number of nitrogens with one attached hydrogen (secondary N) is 2. The van der Waals surface area contributed by atoms with Gasteiger partial charge in [0.15, 0.2) is 5.96 Å². The zero-order valence-corrected chi connectivity index (χ0v) is 15.8. The van der Waals surface area contributed by atoms with Gasteiger partial charge in [0.25, 0.3) is 0 Å². The Bertz CT molecular complexity index is 732. The van der Waals surface area contributed by atoms with Crippen molar-refractivity contribution in [2.24, 2.45) is 4.99 Å². The number of aliphatic imine (C=N–C) groups is 1. The third kappa shape index (κ3) is 5.58. The zero-order valence-electron chi connectivity index (χ0n) is 15.8. The molecule has 26 heavy (non-hydrogen) atoms. The maximum absolute atomic E-state index is 5.44. The molecule has 0 bridgehead atoms. The number of hydrogen-bond donors (Lipinski definition) is 2. The van der Waals surface area contributed by atoms with Crippen LogP contribution < -0.4 is 24.8 Å². The van der Waals surface area contributed by atoms with Gasteiger partial charge in [-0.2, -0.15) is 0 Å². The summed E-state index contributed by atoms with van der Waals surface area (Å²) < 4.78 is 15.9. The molecule has 6 heteroatoms. The molecule has 0 unspecified atom stereocenters. The lowest BCUT2D eigenvalue weighted by Crippen LogP contribution is -2.36. The summed E-state index contributed by atoms with van der Waals surface area (Å²) in [5, 5.41) is 6.59. The molecule has 6 nitrogen and oxygen atoms in total. The van der Waals surface area contributed by atoms with E-state index >= 15 is 0 Å². The van der Waals surface area contributed by atoms with Gasteiger partial charge in [0, 0.05) is 24.7 Å². The highest BCUT2D eigenvalue weighted by Gasteiger charge is 2.06. The number of nitrogens with zero attached hydrogens (tertiary/aromatic N) is 1. The largest absolute Gasteiger partial charge is 0.497 e. The Morgan fingerprint density at radius 1 is 0.923 bits per heavy atom. The average Bonchev–Trinajstić information content (AvgIpc) is 2.70. The highest BCUT2D eigenvalue weighted by atomic mass is 16.5. The fraction of sp³-hybridized carbons (Fsp3) is 0.350. The van der Waals surface area contributed by atoms with E-state index in [1.54, 1.807) is 21.3 Å². The van der Waals surface area contributed by atoms with Gasteiger partial charge in [0.05, 0.1) is 27.9 Å². The Morgan fingerprint density at radius 3 is 2.38 bits per heavy atom. The minimum absolute atomic E-state index is 0.562. The molecule has 0 atom stereocenters. The molecule has 0 spiro atoms. The van der Waals surface area contributed by atoms with Crippen LogP contribution in [0, 0.1) is 0 Å². The first kappa shape index (κ1) is 19.4. The van der Waals surface area contributed by atoms with Gasteiger partial charge in [-0.3, -0.25) is 0 Å². The Hall–Kier alpha value is -2.89. The van der Waals surface area contributed by atoms with Gasteiger partial charge in [-0.15, -0.1) is 0 Å². The van der Waals surface area contributed by atoms with Crippen LogP contribution in [-0.4, -0.2) is 33.8 Å². The highest BCUT2D eigenvalue weighted by Crippen LogP contribution is 2.24. The molecule has 0 fully saturated rings. The van der Waals surface area contributed by atoms with Gasteiger partial charge in [-0.25, -0.2) is 4.99 Å². The normalized spacial score (nSPS) is 11.0. The molecular formula is C20H27N3O3. The summed E-state index contributed by atoms with van der Waals surface area (Å²) in [6.07, 6.45) is 0. The number of rotatable bonds is 8. The lowest BCUT2D eigenvalue weighted by molar-refractivity contribution is 0.390. The van der Waals surface area contributed by atoms with Crippen LogP contribution in [0.3, 0.4) is 0 Å². The van der Waals surface area contributed by atoms with Crippen LogP contribution in [0.25, 0.3) is 0 Å². The lowest BCUT2D eigenvalue weighted by atomic mass is 10.2. The van der Waals surface area contributed by atoms with Crippen molar-refractivity contribution in [1.29, 1.82) is 0 Å². The van der Waals surface area contributed by atoms with Crippen molar-refractivity contribution in [3.63, 3.8) is 0 Å². The molecule has 2 N–H and O–H groups in total. The van der Waals surface area contributed by atoms with Crippen molar-refractivity contribution < 1.29 is 14.2 Å². The molecule has 0 radical (unpaired) electrons. The van der Waals surface area contributed by atoms with E-state index in [0.717, 1.165) is 40.9 Å². The van der Waals surface area contributed by atoms with Gasteiger partial charge in [0.1, 0.15) is 17.2 Å². The van der Waals surface area contributed by atoms with E-state index in [-0.39, 0.29) is 0 Å². The van der Waals surface area contributed by atoms with Gasteiger partial charge in [-0.1, -0.05) is 12.1 Å². The van der Waals surface area contributed by atoms with Crippen molar-refractivity contribution >= 4 is 5.96 Å². The summed E-state index contributed by atoms with van der Waals surface area (Å²) in [7, 11) is 4.96. The molecule has 0 saturated heterocycles. The number of hydrogen-bond acceptors (Lipinski definition) is 4. The minimum Gasteiger partial charge on any atom is -0.497 e. The average molecular weight is 357 g/mol. The molecule has 2 rings (SSSR count). The Balaban J connectivity index is 2.05. The fourth-order valence-electron chi connectivity index (χ4n) is 2.46. The lowest BCUT2D eigenvalue weighted by Gasteiger charge is -2.14. The monoisotopic (exact) mass is 357 g/mol. The molecule has 0 saturated carbocycles. The summed E-state index contributed by atoms with van der Waals surface area (Å²) in [6, 6.07) is 13.7. The first-order valence-electron chi connectivity index (χ1n) is 8.56. The van der Waals surface area contributed by atoms with Crippen molar-refractivity contribution in [3.05, 3.63) is 53.6 Å². The van der Waals surface area contributed by atoms with Crippen molar-refractivity contribution in [1.82, 2.24) is 10.6 Å². The standard InChI is InChI=1S/C20H27N3O3/c1-5-21-20(22-13-15-7-6-8-17(11-15)24-2)23-14-16-9-10-18(25-3)12-19(16)26-4/h6-12H,5,13-14H2,1-4H3,(H2,21,22,23). The van der Waals surface area contributed by atoms with Crippen LogP contribution >= 0.6 is 0 Å². The Kier molecular flexibility index (Phi) is 7.61. The fourth-order valence-corrected chi connectivity index (χ4v) is 2.46. The van der Waals surface area contributed by atoms with Gasteiger partial charge < -0.3 is 24.8 Å². The first-order chi connectivity index (χ1) is 12.7. The maximum atomic E-state index is 5.44. The van der Waals surface area contributed by atoms with Crippen LogP contribution in [0.5, 0.6) is 17.2 Å². The summed E-state index contributed by atoms with van der Waals surface area (Å²) in [6.45, 7) is 3.98. The zero-order chi connectivity index (χ0) is 18.8. The van der Waals surface area contributed by atoms with Crippen molar-refractivity contribution in [2.75, 3.05) is 27.9 Å². The maximum Gasteiger partial charge on any atom is 0.191 e. The Labute approximate surface area is 155 Å². The van der Waals surface area contributed by atoms with E-state index in [4.69, 9.17) is 14.2 Å². The topological polar surface area (TPSA) is 64.1 Å². The number of methoxy groups -OCH3 is 3. The molecule has 2 aromatic rings. The molecule has 0 aromatic heterocycles. The SMILES string of the molecule is CCNC(=NCc1cccc(OC)c1)NCc1ccc(OC)cc1OC. The third-order valence-electron chi connectivity index (χ3n) is 3.84. The molecule has 0 aliphatic carbocycles. The van der Waals surface area contributed by atoms with Crippen LogP contribution in [0.2, 0.25) is 0 Å². The Morgan fingerprint density at radius 2 is 1.69 bits per heavy atom. The van der Waals surface area contributed by atoms with Gasteiger partial charge >= 0.3 is 0 Å². The van der Waals surface area contributed by atoms with Gasteiger partial charge in [0.2, 0.25) is 0 Å². The van der Waals surface area contributed by atoms with Crippen LogP contribution in [0.15, 0.2) is 47.5 Å². The summed E-state index contributed by atoms with van der Waals surface area (Å²) in [5.74, 6) is 3.12. The first-order valence-corrected chi connectivity index (χ1v) is 8.56. The van der Waals surface area contributed by atoms with Crippen molar-refractivity contribution in [2.45, 2.75) is 20.0 Å². The smallest absolute Gasteiger partial charge is 0.191 e. The summed E-state index contributed by atoms with van der Waals surface area (Å²) >= 11 is 0. The van der Waals surface area contributed by atoms with E-state index in [0.29, 0.717) is 13.1 Å². The van der Waals surface area contributed by atoms with E-state index < -0.39 is 0 Å². The second kappa shape index (κ2) is 10.2. The predicted molar refractivity (Wildman–Crippen MR) is 104 cm³/mol. The number of ether oxygens (including phenoxy) is 3. The molecular weight excluding hydrogens is 330 g/mol. The van der Waals surface area contributed by atoms with Crippen LogP contribution in [-0.2, 0) is 13.1 Å². The summed E-state index contributed by atoms with van der Waals surface area (Å²) in [5.41, 5.74) is 2.11. The van der Waals surface area contributed by atoms with E-state index in [9.17, 15) is 0 Å². The van der Waals surface area contributed by atoms with Crippen LogP contribution in [0.1, 0.15) is 18.1 Å². The summed E-state index contributed by atoms with van der Waals surface area (Å²) in [4.78, 5) is 4.64. The number of guanidine groups is 1. The second-order valence-electron chi connectivity index (χ2n) is 5.58. The van der Waals surface area contributed by atoms with Crippen molar-refractivity contribution in [3.8, 4) is 17.2 Å². The van der Waals surface area contributed by atoms with Gasteiger partial charge in [-0.05, 0) is 36.8 Å². The molecule has 0 heterocycles. The highest BCUT2D eigenvalue weighted by molar-refractivity contribution is 5.79. The molecule has 0 aliphatic rings. The number of benzene rings is 2. The molecule has 0 aliphatic heterocycles. The second-order valence-corrected chi connectivity index (χ2v) is 5.58. The quantitative estimate of drug-likeness (QED) is 0.562. The molecule has 2 aromatic carbocycles. The predicted octanol–water partition coefficient (Wildman–Crippen LogP) is 2.97. The molecule has 0 amide bonds. The van der Waals surface area contributed by atoms with Crippen LogP contribution in [0.4, 0.5) is 0 Å². The minimum atomic E-state index is 0.562. The molecule has 140 valence electrons. The van der Waals surface area contributed by atoms with E-state index in [2.05, 4.69) is 15.6 Å². The van der Waals surface area contributed by atoms with E-state index in [1.807, 2.05) is 49.4 Å². The van der Waals surface area contributed by atoms with E-state index in [1.165, 1.54) is 0 Å².